The summed E-state index contributed by atoms with van der Waals surface area (Å²) in [6.45, 7) is 0. The van der Waals surface area contributed by atoms with Crippen molar-refractivity contribution in [2.45, 2.75) is 6.42 Å². The Bertz CT molecular complexity index is 174. The number of allylic oxidation sites excluding steroid dienone is 2. The summed E-state index contributed by atoms with van der Waals surface area (Å²) in [5, 5.41) is 0. The SMILES string of the molecule is C[N+](C)(C)C1=CCC=CO1. The van der Waals surface area contributed by atoms with E-state index >= 15 is 0 Å². The van der Waals surface area contributed by atoms with Crippen LogP contribution in [0.2, 0.25) is 0 Å². The van der Waals surface area contributed by atoms with E-state index in [4.69, 9.17) is 4.74 Å². The first-order valence-corrected chi connectivity index (χ1v) is 3.44. The van der Waals surface area contributed by atoms with Crippen molar-refractivity contribution in [2.75, 3.05) is 21.1 Å². The lowest BCUT2D eigenvalue weighted by Crippen LogP contribution is -2.34. The minimum absolute atomic E-state index is 0.754. The highest BCUT2D eigenvalue weighted by atomic mass is 16.5. The molecule has 0 fully saturated rings. The van der Waals surface area contributed by atoms with Crippen molar-refractivity contribution in [3.63, 3.8) is 0 Å². The van der Waals surface area contributed by atoms with Crippen LogP contribution in [0.3, 0.4) is 0 Å². The molecule has 1 heterocycles. The van der Waals surface area contributed by atoms with Crippen LogP contribution in [0.5, 0.6) is 0 Å². The van der Waals surface area contributed by atoms with Crippen LogP contribution in [-0.4, -0.2) is 25.6 Å². The van der Waals surface area contributed by atoms with Gasteiger partial charge in [0.05, 0.1) is 27.4 Å². The smallest absolute Gasteiger partial charge is 0.291 e. The van der Waals surface area contributed by atoms with E-state index in [0.29, 0.717) is 0 Å². The number of nitrogens with zero attached hydrogens (tertiary/aromatic N) is 1. The van der Waals surface area contributed by atoms with Crippen molar-refractivity contribution < 1.29 is 9.22 Å². The maximum atomic E-state index is 5.30. The molecular weight excluding hydrogens is 126 g/mol. The summed E-state index contributed by atoms with van der Waals surface area (Å²) in [6.07, 6.45) is 6.84. The van der Waals surface area contributed by atoms with E-state index in [2.05, 4.69) is 27.2 Å². The van der Waals surface area contributed by atoms with Crippen molar-refractivity contribution in [3.8, 4) is 0 Å². The highest BCUT2D eigenvalue weighted by Gasteiger charge is 2.17. The second-order valence-electron chi connectivity index (χ2n) is 3.28. The van der Waals surface area contributed by atoms with Crippen LogP contribution in [0.1, 0.15) is 6.42 Å². The van der Waals surface area contributed by atoms with Gasteiger partial charge in [0.1, 0.15) is 0 Å². The minimum atomic E-state index is 0.754. The fourth-order valence-corrected chi connectivity index (χ4v) is 0.822. The van der Waals surface area contributed by atoms with Crippen LogP contribution in [0.15, 0.2) is 24.3 Å². The van der Waals surface area contributed by atoms with Gasteiger partial charge in [0.2, 0.25) is 0 Å². The summed E-state index contributed by atoms with van der Waals surface area (Å²) in [5.41, 5.74) is 0. The predicted octanol–water partition coefficient (Wildman–Crippen LogP) is 1.47. The molecule has 0 spiro atoms. The molecule has 1 aliphatic rings. The Morgan fingerprint density at radius 2 is 2.10 bits per heavy atom. The molecule has 10 heavy (non-hydrogen) atoms. The number of hydrogen-bond donors (Lipinski definition) is 0. The summed E-state index contributed by atoms with van der Waals surface area (Å²) in [5.74, 6) is 1.02. The largest absolute Gasteiger partial charge is 0.421 e. The van der Waals surface area contributed by atoms with Gasteiger partial charge >= 0.3 is 0 Å². The normalized spacial score (nSPS) is 18.1. The topological polar surface area (TPSA) is 9.23 Å². The Labute approximate surface area is 62.0 Å². The van der Waals surface area contributed by atoms with Crippen LogP contribution < -0.4 is 0 Å². The molecule has 0 saturated heterocycles. The maximum absolute atomic E-state index is 5.30. The Morgan fingerprint density at radius 1 is 1.40 bits per heavy atom. The van der Waals surface area contributed by atoms with E-state index in [1.807, 2.05) is 6.08 Å². The molecule has 1 aliphatic heterocycles. The number of rotatable bonds is 1. The van der Waals surface area contributed by atoms with Gasteiger partial charge in [0, 0.05) is 6.08 Å². The Kier molecular flexibility index (Phi) is 1.81. The summed E-state index contributed by atoms with van der Waals surface area (Å²) < 4.78 is 6.05. The highest BCUT2D eigenvalue weighted by Crippen LogP contribution is 2.14. The van der Waals surface area contributed by atoms with Gasteiger partial charge in [0.15, 0.2) is 0 Å². The van der Waals surface area contributed by atoms with Gasteiger partial charge in [-0.05, 0) is 12.5 Å². The predicted molar refractivity (Wildman–Crippen MR) is 41.0 cm³/mol. The van der Waals surface area contributed by atoms with E-state index in [9.17, 15) is 0 Å². The molecule has 0 aromatic rings. The van der Waals surface area contributed by atoms with Crippen molar-refractivity contribution in [2.24, 2.45) is 0 Å². The molecule has 0 aromatic carbocycles. The first-order valence-electron chi connectivity index (χ1n) is 3.44. The third-order valence-corrected chi connectivity index (χ3v) is 1.37. The number of ether oxygens (including phenoxy) is 1. The zero-order valence-electron chi connectivity index (χ0n) is 6.79. The zero-order chi connectivity index (χ0) is 7.61. The zero-order valence-corrected chi connectivity index (χ0v) is 6.79. The molecule has 56 valence electrons. The summed E-state index contributed by atoms with van der Waals surface area (Å²) >= 11 is 0. The lowest BCUT2D eigenvalue weighted by Gasteiger charge is -2.25. The standard InChI is InChI=1S/C8H14NO/c1-9(2,3)8-6-4-5-7-10-8/h5-7H,4H2,1-3H3/q+1. The van der Waals surface area contributed by atoms with Crippen molar-refractivity contribution in [1.82, 2.24) is 0 Å². The summed E-state index contributed by atoms with van der Waals surface area (Å²) in [7, 11) is 6.26. The summed E-state index contributed by atoms with van der Waals surface area (Å²) in [4.78, 5) is 0. The van der Waals surface area contributed by atoms with Crippen LogP contribution in [0.25, 0.3) is 0 Å². The minimum Gasteiger partial charge on any atom is -0.421 e. The molecule has 0 bridgehead atoms. The fourth-order valence-electron chi connectivity index (χ4n) is 0.822. The molecular formula is C8H14NO+. The molecule has 2 nitrogen and oxygen atoms in total. The molecule has 0 atom stereocenters. The lowest BCUT2D eigenvalue weighted by atomic mass is 10.3. The van der Waals surface area contributed by atoms with Gasteiger partial charge in [-0.25, -0.2) is 0 Å². The molecule has 0 aromatic heterocycles. The van der Waals surface area contributed by atoms with E-state index in [-0.39, 0.29) is 0 Å². The second-order valence-corrected chi connectivity index (χ2v) is 3.28. The molecule has 1 rings (SSSR count). The van der Waals surface area contributed by atoms with Gasteiger partial charge in [-0.1, -0.05) is 0 Å². The van der Waals surface area contributed by atoms with Crippen LogP contribution >= 0.6 is 0 Å². The molecule has 0 aliphatic carbocycles. The van der Waals surface area contributed by atoms with E-state index in [1.54, 1.807) is 6.26 Å². The molecule has 0 N–H and O–H groups in total. The fraction of sp³-hybridized carbons (Fsp3) is 0.500. The first-order chi connectivity index (χ1) is 4.61. The van der Waals surface area contributed by atoms with Gasteiger partial charge in [0.25, 0.3) is 5.88 Å². The van der Waals surface area contributed by atoms with Gasteiger partial charge in [-0.3, -0.25) is 4.48 Å². The van der Waals surface area contributed by atoms with Crippen LogP contribution in [0, 0.1) is 0 Å². The first kappa shape index (κ1) is 7.35. The number of quaternary nitrogens is 1. The Hall–Kier alpha value is -0.760. The monoisotopic (exact) mass is 140 g/mol. The molecule has 0 amide bonds. The van der Waals surface area contributed by atoms with Crippen LogP contribution in [-0.2, 0) is 4.74 Å². The van der Waals surface area contributed by atoms with E-state index < -0.39 is 0 Å². The average Bonchev–Trinajstić information content (AvgIpc) is 1.88. The van der Waals surface area contributed by atoms with Crippen molar-refractivity contribution in [1.29, 1.82) is 0 Å². The highest BCUT2D eigenvalue weighted by molar-refractivity contribution is 4.98. The quantitative estimate of drug-likeness (QED) is 0.501. The Morgan fingerprint density at radius 3 is 2.40 bits per heavy atom. The van der Waals surface area contributed by atoms with Gasteiger partial charge in [-0.2, -0.15) is 0 Å². The molecule has 0 unspecified atom stereocenters. The summed E-state index contributed by atoms with van der Waals surface area (Å²) in [6, 6.07) is 0. The van der Waals surface area contributed by atoms with E-state index in [1.165, 1.54) is 0 Å². The third kappa shape index (κ3) is 1.61. The van der Waals surface area contributed by atoms with Gasteiger partial charge in [-0.15, -0.1) is 0 Å². The van der Waals surface area contributed by atoms with Gasteiger partial charge < -0.3 is 4.74 Å². The maximum Gasteiger partial charge on any atom is 0.291 e. The number of hydrogen-bond acceptors (Lipinski definition) is 1. The lowest BCUT2D eigenvalue weighted by molar-refractivity contribution is -0.847. The van der Waals surface area contributed by atoms with Crippen LogP contribution in [0.4, 0.5) is 0 Å². The molecule has 0 radical (unpaired) electrons. The second kappa shape index (κ2) is 2.46. The average molecular weight is 140 g/mol. The molecule has 2 heteroatoms. The third-order valence-electron chi connectivity index (χ3n) is 1.37. The van der Waals surface area contributed by atoms with Crippen molar-refractivity contribution in [3.05, 3.63) is 24.3 Å². The molecule has 0 saturated carbocycles. The van der Waals surface area contributed by atoms with Crippen molar-refractivity contribution >= 4 is 0 Å². The van der Waals surface area contributed by atoms with E-state index in [0.717, 1.165) is 16.8 Å². The Balaban J connectivity index is 2.65.